The molecule has 0 saturated heterocycles. The van der Waals surface area contributed by atoms with E-state index in [4.69, 9.17) is 5.11 Å². The van der Waals surface area contributed by atoms with Gasteiger partial charge in [0.1, 0.15) is 0 Å². The highest BCUT2D eigenvalue weighted by Gasteiger charge is 1.93. The fourth-order valence-electron chi connectivity index (χ4n) is 1.27. The summed E-state index contributed by atoms with van der Waals surface area (Å²) < 4.78 is 2.14. The molecule has 0 aliphatic rings. The Balaban J connectivity index is 2.31. The number of unbranched alkanes of at least 4 members (excludes halogenated alkanes) is 2. The zero-order valence-electron chi connectivity index (χ0n) is 7.66. The summed E-state index contributed by atoms with van der Waals surface area (Å²) in [7, 11) is 0. The van der Waals surface area contributed by atoms with Crippen LogP contribution < -0.4 is 0 Å². The third-order valence-corrected chi connectivity index (χ3v) is 2.01. The smallest absolute Gasteiger partial charge is 0.0696 e. The van der Waals surface area contributed by atoms with Gasteiger partial charge in [0.15, 0.2) is 0 Å². The number of aliphatic hydroxyl groups excluding tert-OH is 1. The first-order valence-corrected chi connectivity index (χ1v) is 4.62. The molecule has 0 saturated carbocycles. The Hall–Kier alpha value is -0.760. The fraction of sp³-hybridized carbons (Fsp3) is 0.600. The molecule has 2 heteroatoms. The van der Waals surface area contributed by atoms with E-state index in [1.54, 1.807) is 0 Å². The van der Waals surface area contributed by atoms with Crippen molar-refractivity contribution in [3.63, 3.8) is 0 Å². The normalized spacial score (nSPS) is 10.5. The molecule has 12 heavy (non-hydrogen) atoms. The summed E-state index contributed by atoms with van der Waals surface area (Å²) >= 11 is 0. The first kappa shape index (κ1) is 9.33. The van der Waals surface area contributed by atoms with E-state index >= 15 is 0 Å². The second kappa shape index (κ2) is 4.99. The Morgan fingerprint density at radius 1 is 1.42 bits per heavy atom. The van der Waals surface area contributed by atoms with E-state index < -0.39 is 0 Å². The standard InChI is InChI=1S/C10H17NO/c1-2-3-4-6-11-7-5-10(8-11)9-12/h5,7-8,12H,2-4,6,9H2,1H3. The highest BCUT2D eigenvalue weighted by molar-refractivity contribution is 5.08. The molecule has 0 atom stereocenters. The second-order valence-electron chi connectivity index (χ2n) is 3.12. The maximum Gasteiger partial charge on any atom is 0.0696 e. The molecule has 0 amide bonds. The van der Waals surface area contributed by atoms with E-state index in [-0.39, 0.29) is 6.61 Å². The van der Waals surface area contributed by atoms with Gasteiger partial charge in [0.25, 0.3) is 0 Å². The molecule has 0 aliphatic carbocycles. The highest BCUT2D eigenvalue weighted by Crippen LogP contribution is 2.03. The number of nitrogens with zero attached hydrogens (tertiary/aromatic N) is 1. The van der Waals surface area contributed by atoms with Crippen molar-refractivity contribution in [2.24, 2.45) is 0 Å². The lowest BCUT2D eigenvalue weighted by Crippen LogP contribution is -1.93. The van der Waals surface area contributed by atoms with Crippen LogP contribution in [0.5, 0.6) is 0 Å². The summed E-state index contributed by atoms with van der Waals surface area (Å²) in [4.78, 5) is 0. The topological polar surface area (TPSA) is 25.2 Å². The van der Waals surface area contributed by atoms with Crippen LogP contribution in [0.4, 0.5) is 0 Å². The van der Waals surface area contributed by atoms with Gasteiger partial charge < -0.3 is 9.67 Å². The Morgan fingerprint density at radius 3 is 2.83 bits per heavy atom. The molecule has 1 heterocycles. The van der Waals surface area contributed by atoms with Crippen LogP contribution in [0.25, 0.3) is 0 Å². The minimum Gasteiger partial charge on any atom is -0.392 e. The van der Waals surface area contributed by atoms with Crippen LogP contribution in [0, 0.1) is 0 Å². The molecule has 0 radical (unpaired) electrons. The van der Waals surface area contributed by atoms with Gasteiger partial charge in [-0.15, -0.1) is 0 Å². The largest absolute Gasteiger partial charge is 0.392 e. The van der Waals surface area contributed by atoms with Crippen molar-refractivity contribution >= 4 is 0 Å². The third-order valence-electron chi connectivity index (χ3n) is 2.01. The highest BCUT2D eigenvalue weighted by atomic mass is 16.3. The maximum absolute atomic E-state index is 8.81. The van der Waals surface area contributed by atoms with E-state index in [1.807, 2.05) is 18.5 Å². The van der Waals surface area contributed by atoms with Crippen molar-refractivity contribution in [3.8, 4) is 0 Å². The average molecular weight is 167 g/mol. The van der Waals surface area contributed by atoms with Gasteiger partial charge in [-0.25, -0.2) is 0 Å². The fourth-order valence-corrected chi connectivity index (χ4v) is 1.27. The SMILES string of the molecule is CCCCCn1ccc(CO)c1. The zero-order chi connectivity index (χ0) is 8.81. The lowest BCUT2D eigenvalue weighted by Gasteiger charge is -2.00. The number of hydrogen-bond acceptors (Lipinski definition) is 1. The Morgan fingerprint density at radius 2 is 2.25 bits per heavy atom. The van der Waals surface area contributed by atoms with Crippen LogP contribution in [-0.4, -0.2) is 9.67 Å². The van der Waals surface area contributed by atoms with Crippen molar-refractivity contribution in [3.05, 3.63) is 24.0 Å². The molecule has 0 fully saturated rings. The zero-order valence-corrected chi connectivity index (χ0v) is 7.66. The minimum absolute atomic E-state index is 0.154. The van der Waals surface area contributed by atoms with Gasteiger partial charge >= 0.3 is 0 Å². The molecule has 1 N–H and O–H groups in total. The number of aromatic nitrogens is 1. The molecular weight excluding hydrogens is 150 g/mol. The number of rotatable bonds is 5. The molecule has 0 aromatic carbocycles. The van der Waals surface area contributed by atoms with Crippen molar-refractivity contribution in [1.29, 1.82) is 0 Å². The summed E-state index contributed by atoms with van der Waals surface area (Å²) in [5.41, 5.74) is 1.01. The van der Waals surface area contributed by atoms with Crippen molar-refractivity contribution < 1.29 is 5.11 Å². The summed E-state index contributed by atoms with van der Waals surface area (Å²) in [5.74, 6) is 0. The monoisotopic (exact) mass is 167 g/mol. The second-order valence-corrected chi connectivity index (χ2v) is 3.12. The lowest BCUT2D eigenvalue weighted by atomic mass is 10.2. The van der Waals surface area contributed by atoms with Crippen LogP contribution in [0.2, 0.25) is 0 Å². The Bertz CT molecular complexity index is 217. The predicted molar refractivity (Wildman–Crippen MR) is 49.9 cm³/mol. The van der Waals surface area contributed by atoms with Crippen molar-refractivity contribution in [2.45, 2.75) is 39.3 Å². The first-order valence-electron chi connectivity index (χ1n) is 4.62. The molecule has 0 unspecified atom stereocenters. The molecule has 2 nitrogen and oxygen atoms in total. The molecule has 68 valence electrons. The van der Waals surface area contributed by atoms with Crippen LogP contribution in [0.15, 0.2) is 18.5 Å². The summed E-state index contributed by atoms with van der Waals surface area (Å²) in [6.45, 7) is 3.43. The number of hydrogen-bond donors (Lipinski definition) is 1. The minimum atomic E-state index is 0.154. The van der Waals surface area contributed by atoms with Gasteiger partial charge in [0.05, 0.1) is 6.61 Å². The Kier molecular flexibility index (Phi) is 3.88. The summed E-state index contributed by atoms with van der Waals surface area (Å²) in [6.07, 6.45) is 7.81. The molecule has 1 aromatic rings. The van der Waals surface area contributed by atoms with Gasteiger partial charge in [0.2, 0.25) is 0 Å². The molecular formula is C10H17NO. The van der Waals surface area contributed by atoms with Crippen molar-refractivity contribution in [2.75, 3.05) is 0 Å². The summed E-state index contributed by atoms with van der Waals surface area (Å²) in [5, 5.41) is 8.81. The third kappa shape index (κ3) is 2.70. The van der Waals surface area contributed by atoms with Gasteiger partial charge in [-0.1, -0.05) is 19.8 Å². The molecule has 0 bridgehead atoms. The van der Waals surface area contributed by atoms with Crippen LogP contribution in [-0.2, 0) is 13.2 Å². The van der Waals surface area contributed by atoms with Gasteiger partial charge in [0, 0.05) is 18.9 Å². The Labute approximate surface area is 73.8 Å². The van der Waals surface area contributed by atoms with Crippen LogP contribution in [0.1, 0.15) is 31.7 Å². The van der Waals surface area contributed by atoms with Crippen LogP contribution >= 0.6 is 0 Å². The van der Waals surface area contributed by atoms with Crippen LogP contribution in [0.3, 0.4) is 0 Å². The average Bonchev–Trinajstić information content (AvgIpc) is 2.53. The predicted octanol–water partition coefficient (Wildman–Crippen LogP) is 2.17. The first-order chi connectivity index (χ1) is 5.86. The molecule has 1 rings (SSSR count). The van der Waals surface area contributed by atoms with E-state index in [0.29, 0.717) is 0 Å². The maximum atomic E-state index is 8.81. The molecule has 0 spiro atoms. The molecule has 1 aromatic heterocycles. The van der Waals surface area contributed by atoms with E-state index in [0.717, 1.165) is 12.1 Å². The summed E-state index contributed by atoms with van der Waals surface area (Å²) in [6, 6.07) is 1.96. The van der Waals surface area contributed by atoms with Gasteiger partial charge in [-0.05, 0) is 18.1 Å². The quantitative estimate of drug-likeness (QED) is 0.668. The van der Waals surface area contributed by atoms with Gasteiger partial charge in [-0.2, -0.15) is 0 Å². The van der Waals surface area contributed by atoms with Crippen molar-refractivity contribution in [1.82, 2.24) is 4.57 Å². The number of aliphatic hydroxyl groups is 1. The number of aryl methyl sites for hydroxylation is 1. The van der Waals surface area contributed by atoms with E-state index in [9.17, 15) is 0 Å². The lowest BCUT2D eigenvalue weighted by molar-refractivity contribution is 0.281. The van der Waals surface area contributed by atoms with Gasteiger partial charge in [-0.3, -0.25) is 0 Å². The van der Waals surface area contributed by atoms with E-state index in [2.05, 4.69) is 11.5 Å². The van der Waals surface area contributed by atoms with E-state index in [1.165, 1.54) is 19.3 Å². The molecule has 0 aliphatic heterocycles.